The second-order valence-electron chi connectivity index (χ2n) is 17.9. The lowest BCUT2D eigenvalue weighted by Crippen LogP contribution is -2.29. The zero-order valence-electron chi connectivity index (χ0n) is 40.2. The maximum absolute atomic E-state index is 9.21. The molecule has 0 bridgehead atoms. The van der Waals surface area contributed by atoms with Gasteiger partial charge in [0.2, 0.25) is 0 Å². The van der Waals surface area contributed by atoms with E-state index in [0.717, 1.165) is 67.5 Å². The molecule has 0 aromatic heterocycles. The van der Waals surface area contributed by atoms with Crippen LogP contribution in [0.25, 0.3) is 22.3 Å². The van der Waals surface area contributed by atoms with Gasteiger partial charge in [-0.25, -0.2) is 0 Å². The first kappa shape index (κ1) is 47.8. The van der Waals surface area contributed by atoms with Crippen molar-refractivity contribution < 1.29 is 39.4 Å². The number of aryl methyl sites for hydroxylation is 4. The normalized spacial score (nSPS) is 13.3. The summed E-state index contributed by atoms with van der Waals surface area (Å²) in [6.07, 6.45) is 0. The Balaban J connectivity index is 0.000000174. The first-order chi connectivity index (χ1) is 34.2. The van der Waals surface area contributed by atoms with Gasteiger partial charge < -0.3 is 39.4 Å². The summed E-state index contributed by atoms with van der Waals surface area (Å²) in [4.78, 5) is 0. The highest BCUT2D eigenvalue weighted by atomic mass is 16.5. The predicted octanol–water partition coefficient (Wildman–Crippen LogP) is 10.8. The van der Waals surface area contributed by atoms with E-state index in [-0.39, 0.29) is 52.9 Å². The largest absolute Gasteiger partial charge is 0.491 e. The zero-order chi connectivity index (χ0) is 48.8. The molecule has 0 amide bonds. The molecule has 8 heteroatoms. The van der Waals surface area contributed by atoms with Gasteiger partial charge in [0.1, 0.15) is 49.4 Å². The Labute approximate surface area is 411 Å². The standard InChI is InChI=1S/2C31H30O4/c2*1-21-19-23(11-13-29(21)34-17-15-32)31(24-12-14-30(22(2)20-24)35-18-16-33)27-9-5-3-7-25(27)26-8-4-6-10-28(26)31/h2*3-14,19-20,32-33H,15-18H2,1-2H3. The van der Waals surface area contributed by atoms with Crippen molar-refractivity contribution in [3.05, 3.63) is 237 Å². The number of aliphatic hydroxyl groups is 4. The summed E-state index contributed by atoms with van der Waals surface area (Å²) in [5.41, 5.74) is 17.6. The van der Waals surface area contributed by atoms with Crippen molar-refractivity contribution in [2.24, 2.45) is 0 Å². The van der Waals surface area contributed by atoms with E-state index in [2.05, 4.69) is 146 Å². The number of hydrogen-bond acceptors (Lipinski definition) is 8. The van der Waals surface area contributed by atoms with Crippen LogP contribution in [0.5, 0.6) is 23.0 Å². The summed E-state index contributed by atoms with van der Waals surface area (Å²) in [6, 6.07) is 60.0. The van der Waals surface area contributed by atoms with Crippen LogP contribution in [-0.2, 0) is 10.8 Å². The molecule has 0 aliphatic heterocycles. The van der Waals surface area contributed by atoms with Gasteiger partial charge in [0.15, 0.2) is 0 Å². The maximum Gasteiger partial charge on any atom is 0.122 e. The van der Waals surface area contributed by atoms with E-state index in [1.165, 1.54) is 44.5 Å². The van der Waals surface area contributed by atoms with E-state index in [9.17, 15) is 20.4 Å². The molecule has 2 aliphatic carbocycles. The monoisotopic (exact) mass is 932 g/mol. The molecule has 70 heavy (non-hydrogen) atoms. The maximum atomic E-state index is 9.21. The number of benzene rings is 8. The molecule has 0 atom stereocenters. The quantitative estimate of drug-likeness (QED) is 0.0757. The van der Waals surface area contributed by atoms with E-state index in [4.69, 9.17) is 18.9 Å². The molecule has 8 aromatic rings. The van der Waals surface area contributed by atoms with Crippen molar-refractivity contribution in [2.45, 2.75) is 38.5 Å². The molecule has 356 valence electrons. The third-order valence-electron chi connectivity index (χ3n) is 13.7. The van der Waals surface area contributed by atoms with Crippen LogP contribution < -0.4 is 18.9 Å². The van der Waals surface area contributed by atoms with Gasteiger partial charge in [-0.2, -0.15) is 0 Å². The van der Waals surface area contributed by atoms with Crippen molar-refractivity contribution in [1.82, 2.24) is 0 Å². The third kappa shape index (κ3) is 8.41. The molecule has 0 unspecified atom stereocenters. The number of ether oxygens (including phenoxy) is 4. The SMILES string of the molecule is Cc1cc(C2(c3ccc(OCCO)c(C)c3)c3ccccc3-c3ccccc32)ccc1OCCO.Cc1cc(C2(c3ccc(OCCO)c(C)c3)c3ccccc3-c3ccccc32)ccc1OCCO. The van der Waals surface area contributed by atoms with Gasteiger partial charge in [-0.05, 0) is 141 Å². The smallest absolute Gasteiger partial charge is 0.122 e. The molecular formula is C62H60O8. The van der Waals surface area contributed by atoms with Crippen molar-refractivity contribution in [3.63, 3.8) is 0 Å². The van der Waals surface area contributed by atoms with Crippen molar-refractivity contribution in [2.75, 3.05) is 52.9 Å². The van der Waals surface area contributed by atoms with Crippen molar-refractivity contribution in [1.29, 1.82) is 0 Å². The van der Waals surface area contributed by atoms with Crippen LogP contribution >= 0.6 is 0 Å². The van der Waals surface area contributed by atoms with Crippen LogP contribution in [0.4, 0.5) is 0 Å². The topological polar surface area (TPSA) is 118 Å². The summed E-state index contributed by atoms with van der Waals surface area (Å²) < 4.78 is 23.1. The summed E-state index contributed by atoms with van der Waals surface area (Å²) in [7, 11) is 0. The summed E-state index contributed by atoms with van der Waals surface area (Å²) in [5.74, 6) is 3.12. The van der Waals surface area contributed by atoms with Crippen LogP contribution in [-0.4, -0.2) is 73.3 Å². The molecule has 0 spiro atoms. The molecule has 0 heterocycles. The van der Waals surface area contributed by atoms with E-state index >= 15 is 0 Å². The molecule has 0 fully saturated rings. The minimum Gasteiger partial charge on any atom is -0.491 e. The van der Waals surface area contributed by atoms with Gasteiger partial charge in [0, 0.05) is 0 Å². The minimum absolute atomic E-state index is 0.0180. The predicted molar refractivity (Wildman–Crippen MR) is 277 cm³/mol. The molecule has 2 aliphatic rings. The Morgan fingerprint density at radius 3 is 0.714 bits per heavy atom. The van der Waals surface area contributed by atoms with E-state index in [1.54, 1.807) is 0 Å². The van der Waals surface area contributed by atoms with Gasteiger partial charge >= 0.3 is 0 Å². The third-order valence-corrected chi connectivity index (χ3v) is 13.7. The Bertz CT molecular complexity index is 2720. The fraction of sp³-hybridized carbons (Fsp3) is 0.226. The highest BCUT2D eigenvalue weighted by molar-refractivity contribution is 5.88. The average molecular weight is 933 g/mol. The summed E-state index contributed by atoms with van der Waals surface area (Å²) in [5, 5.41) is 36.8. The molecule has 0 saturated carbocycles. The highest BCUT2D eigenvalue weighted by Gasteiger charge is 2.47. The second-order valence-corrected chi connectivity index (χ2v) is 17.9. The molecule has 8 nitrogen and oxygen atoms in total. The van der Waals surface area contributed by atoms with Crippen LogP contribution in [0.15, 0.2) is 170 Å². The van der Waals surface area contributed by atoms with Crippen LogP contribution in [0, 0.1) is 27.7 Å². The lowest BCUT2D eigenvalue weighted by Gasteiger charge is -2.34. The van der Waals surface area contributed by atoms with Crippen molar-refractivity contribution in [3.8, 4) is 45.3 Å². The van der Waals surface area contributed by atoms with Crippen molar-refractivity contribution >= 4 is 0 Å². The van der Waals surface area contributed by atoms with Gasteiger partial charge in [0.25, 0.3) is 0 Å². The van der Waals surface area contributed by atoms with Crippen LogP contribution in [0.3, 0.4) is 0 Å². The summed E-state index contributed by atoms with van der Waals surface area (Å²) in [6.45, 7) is 9.20. The molecule has 4 N–H and O–H groups in total. The van der Waals surface area contributed by atoms with Gasteiger partial charge in [0.05, 0.1) is 37.3 Å². The summed E-state index contributed by atoms with van der Waals surface area (Å²) >= 11 is 0. The molecular weight excluding hydrogens is 873 g/mol. The lowest BCUT2D eigenvalue weighted by molar-refractivity contribution is 0.200. The lowest BCUT2D eigenvalue weighted by atomic mass is 9.67. The Kier molecular flexibility index (Phi) is 14.2. The first-order valence-electron chi connectivity index (χ1n) is 24.0. The molecule has 10 rings (SSSR count). The van der Waals surface area contributed by atoms with Crippen LogP contribution in [0.2, 0.25) is 0 Å². The Hall–Kier alpha value is -7.20. The zero-order valence-corrected chi connectivity index (χ0v) is 40.2. The van der Waals surface area contributed by atoms with E-state index in [0.29, 0.717) is 0 Å². The Morgan fingerprint density at radius 1 is 0.300 bits per heavy atom. The van der Waals surface area contributed by atoms with Gasteiger partial charge in [-0.15, -0.1) is 0 Å². The molecule has 8 aromatic carbocycles. The number of aliphatic hydroxyl groups excluding tert-OH is 4. The minimum atomic E-state index is -0.506. The number of fused-ring (bicyclic) bond motifs is 6. The second kappa shape index (κ2) is 20.8. The number of hydrogen-bond donors (Lipinski definition) is 4. The average Bonchev–Trinajstić information content (AvgIpc) is 3.86. The molecule has 0 saturated heterocycles. The van der Waals surface area contributed by atoms with E-state index in [1.807, 2.05) is 52.0 Å². The number of rotatable bonds is 16. The first-order valence-corrected chi connectivity index (χ1v) is 24.0. The van der Waals surface area contributed by atoms with Gasteiger partial charge in [-0.1, -0.05) is 146 Å². The fourth-order valence-corrected chi connectivity index (χ4v) is 10.8. The highest BCUT2D eigenvalue weighted by Crippen LogP contribution is 2.58. The molecule has 0 radical (unpaired) electrons. The Morgan fingerprint density at radius 2 is 0.514 bits per heavy atom. The van der Waals surface area contributed by atoms with Crippen LogP contribution in [0.1, 0.15) is 66.8 Å². The van der Waals surface area contributed by atoms with E-state index < -0.39 is 10.8 Å². The van der Waals surface area contributed by atoms with Gasteiger partial charge in [-0.3, -0.25) is 0 Å². The fourth-order valence-electron chi connectivity index (χ4n) is 10.8.